The maximum Gasteiger partial charge on any atom is 0.146 e. The van der Waals surface area contributed by atoms with Gasteiger partial charge in [0.25, 0.3) is 0 Å². The van der Waals surface area contributed by atoms with Crippen molar-refractivity contribution in [2.45, 2.75) is 33.2 Å². The van der Waals surface area contributed by atoms with Crippen LogP contribution in [0.4, 0.5) is 10.1 Å². The van der Waals surface area contributed by atoms with Crippen molar-refractivity contribution in [1.82, 2.24) is 5.32 Å². The third-order valence-electron chi connectivity index (χ3n) is 3.75. The summed E-state index contributed by atoms with van der Waals surface area (Å²) in [4.78, 5) is 2.15. The lowest BCUT2D eigenvalue weighted by Gasteiger charge is -2.20. The van der Waals surface area contributed by atoms with Crippen LogP contribution in [-0.4, -0.2) is 19.6 Å². The molecule has 0 amide bonds. The van der Waals surface area contributed by atoms with E-state index in [2.05, 4.69) is 31.0 Å². The van der Waals surface area contributed by atoms with E-state index in [0.717, 1.165) is 37.3 Å². The summed E-state index contributed by atoms with van der Waals surface area (Å²) in [7, 11) is 0. The van der Waals surface area contributed by atoms with Crippen LogP contribution in [0.5, 0.6) is 0 Å². The molecule has 0 spiro atoms. The van der Waals surface area contributed by atoms with Gasteiger partial charge < -0.3 is 10.2 Å². The fourth-order valence-electron chi connectivity index (χ4n) is 2.63. The van der Waals surface area contributed by atoms with Gasteiger partial charge in [0.1, 0.15) is 5.82 Å². The van der Waals surface area contributed by atoms with Crippen molar-refractivity contribution in [3.8, 4) is 0 Å². The van der Waals surface area contributed by atoms with Crippen LogP contribution in [0, 0.1) is 11.7 Å². The molecule has 2 rings (SSSR count). The van der Waals surface area contributed by atoms with Crippen molar-refractivity contribution in [3.05, 3.63) is 29.6 Å². The highest BCUT2D eigenvalue weighted by molar-refractivity contribution is 5.50. The fraction of sp³-hybridized carbons (Fsp3) is 0.600. The first-order valence-electron chi connectivity index (χ1n) is 6.89. The van der Waals surface area contributed by atoms with E-state index in [9.17, 15) is 4.39 Å². The molecular weight excluding hydrogens is 227 g/mol. The number of rotatable bonds is 4. The van der Waals surface area contributed by atoms with Crippen LogP contribution >= 0.6 is 0 Å². The van der Waals surface area contributed by atoms with Crippen molar-refractivity contribution >= 4 is 5.69 Å². The minimum Gasteiger partial charge on any atom is -0.369 e. The number of nitrogens with one attached hydrogen (secondary N) is 1. The molecule has 3 heteroatoms. The summed E-state index contributed by atoms with van der Waals surface area (Å²) in [6.45, 7) is 9.19. The molecule has 1 saturated heterocycles. The van der Waals surface area contributed by atoms with Gasteiger partial charge in [-0.1, -0.05) is 19.9 Å². The van der Waals surface area contributed by atoms with E-state index in [1.807, 2.05) is 12.1 Å². The van der Waals surface area contributed by atoms with E-state index in [0.29, 0.717) is 5.92 Å². The highest BCUT2D eigenvalue weighted by Crippen LogP contribution is 2.28. The molecule has 1 heterocycles. The number of halogens is 1. The number of hydrogen-bond donors (Lipinski definition) is 1. The van der Waals surface area contributed by atoms with Crippen LogP contribution in [0.3, 0.4) is 0 Å². The maximum absolute atomic E-state index is 14.2. The van der Waals surface area contributed by atoms with Gasteiger partial charge in [0, 0.05) is 19.1 Å². The molecule has 100 valence electrons. The Balaban J connectivity index is 2.15. The quantitative estimate of drug-likeness (QED) is 0.881. The summed E-state index contributed by atoms with van der Waals surface area (Å²) >= 11 is 0. The smallest absolute Gasteiger partial charge is 0.146 e. The van der Waals surface area contributed by atoms with E-state index >= 15 is 0 Å². The van der Waals surface area contributed by atoms with E-state index in [1.54, 1.807) is 6.07 Å². The molecule has 0 radical (unpaired) electrons. The zero-order chi connectivity index (χ0) is 13.1. The molecule has 1 aliphatic rings. The average molecular weight is 250 g/mol. The van der Waals surface area contributed by atoms with E-state index in [1.165, 1.54) is 0 Å². The second-order valence-corrected chi connectivity index (χ2v) is 5.33. The summed E-state index contributed by atoms with van der Waals surface area (Å²) in [5, 5.41) is 3.30. The number of benzene rings is 1. The Morgan fingerprint density at radius 1 is 1.50 bits per heavy atom. The van der Waals surface area contributed by atoms with Crippen LogP contribution in [0.15, 0.2) is 18.2 Å². The van der Waals surface area contributed by atoms with Gasteiger partial charge in [-0.15, -0.1) is 0 Å². The summed E-state index contributed by atoms with van der Waals surface area (Å²) in [5.41, 5.74) is 1.78. The number of nitrogens with zero attached hydrogens (tertiary/aromatic N) is 1. The molecular formula is C15H23FN2. The monoisotopic (exact) mass is 250 g/mol. The molecule has 0 bridgehead atoms. The van der Waals surface area contributed by atoms with Crippen molar-refractivity contribution in [2.75, 3.05) is 24.5 Å². The van der Waals surface area contributed by atoms with E-state index in [-0.39, 0.29) is 11.9 Å². The van der Waals surface area contributed by atoms with Crippen LogP contribution in [0.1, 0.15) is 38.8 Å². The lowest BCUT2D eigenvalue weighted by molar-refractivity contribution is 0.581. The second kappa shape index (κ2) is 5.70. The third-order valence-corrected chi connectivity index (χ3v) is 3.75. The zero-order valence-corrected chi connectivity index (χ0v) is 11.5. The normalized spacial score (nSPS) is 21.3. The van der Waals surface area contributed by atoms with Crippen molar-refractivity contribution in [2.24, 2.45) is 5.92 Å². The zero-order valence-electron chi connectivity index (χ0n) is 11.5. The fourth-order valence-corrected chi connectivity index (χ4v) is 2.63. The molecule has 1 fully saturated rings. The van der Waals surface area contributed by atoms with Crippen LogP contribution < -0.4 is 10.2 Å². The molecule has 0 aliphatic carbocycles. The van der Waals surface area contributed by atoms with Crippen molar-refractivity contribution < 1.29 is 4.39 Å². The molecule has 1 aromatic rings. The summed E-state index contributed by atoms with van der Waals surface area (Å²) in [6, 6.07) is 5.84. The van der Waals surface area contributed by atoms with E-state index < -0.39 is 0 Å². The van der Waals surface area contributed by atoms with Crippen molar-refractivity contribution in [1.29, 1.82) is 0 Å². The Morgan fingerprint density at radius 3 is 2.83 bits per heavy atom. The lowest BCUT2D eigenvalue weighted by Crippen LogP contribution is -2.21. The van der Waals surface area contributed by atoms with Gasteiger partial charge in [-0.3, -0.25) is 0 Å². The second-order valence-electron chi connectivity index (χ2n) is 5.33. The number of hydrogen-bond acceptors (Lipinski definition) is 2. The van der Waals surface area contributed by atoms with Gasteiger partial charge in [-0.25, -0.2) is 4.39 Å². The van der Waals surface area contributed by atoms with Crippen molar-refractivity contribution in [3.63, 3.8) is 0 Å². The maximum atomic E-state index is 14.2. The molecule has 1 N–H and O–H groups in total. The van der Waals surface area contributed by atoms with Crippen LogP contribution in [-0.2, 0) is 0 Å². The molecule has 1 aliphatic heterocycles. The molecule has 2 nitrogen and oxygen atoms in total. The van der Waals surface area contributed by atoms with Gasteiger partial charge in [-0.2, -0.15) is 0 Å². The standard InChI is InChI=1S/C15H23FN2/c1-4-17-12(3)13-5-6-15(14(16)9-13)18-8-7-11(2)10-18/h5-6,9,11-12,17H,4,7-8,10H2,1-3H3. The Kier molecular flexibility index (Phi) is 4.23. The summed E-state index contributed by atoms with van der Waals surface area (Å²) < 4.78 is 14.2. The Bertz CT molecular complexity index is 405. The summed E-state index contributed by atoms with van der Waals surface area (Å²) in [5.74, 6) is 0.580. The molecule has 2 atom stereocenters. The highest BCUT2D eigenvalue weighted by atomic mass is 19.1. The predicted molar refractivity (Wildman–Crippen MR) is 74.5 cm³/mol. The van der Waals surface area contributed by atoms with Gasteiger partial charge in [-0.05, 0) is 43.5 Å². The molecule has 0 saturated carbocycles. The van der Waals surface area contributed by atoms with Gasteiger partial charge in [0.15, 0.2) is 0 Å². The Labute approximate surface area is 109 Å². The van der Waals surface area contributed by atoms with Gasteiger partial charge in [0.2, 0.25) is 0 Å². The Morgan fingerprint density at radius 2 is 2.28 bits per heavy atom. The summed E-state index contributed by atoms with van der Waals surface area (Å²) in [6.07, 6.45) is 1.16. The van der Waals surface area contributed by atoms with Crippen LogP contribution in [0.25, 0.3) is 0 Å². The molecule has 2 unspecified atom stereocenters. The van der Waals surface area contributed by atoms with Crippen LogP contribution in [0.2, 0.25) is 0 Å². The predicted octanol–water partition coefficient (Wildman–Crippen LogP) is 3.34. The topological polar surface area (TPSA) is 15.3 Å². The first-order valence-corrected chi connectivity index (χ1v) is 6.89. The molecule has 0 aromatic heterocycles. The average Bonchev–Trinajstić information content (AvgIpc) is 2.76. The SMILES string of the molecule is CCNC(C)c1ccc(N2CCC(C)C2)c(F)c1. The number of anilines is 1. The largest absolute Gasteiger partial charge is 0.369 e. The highest BCUT2D eigenvalue weighted by Gasteiger charge is 2.21. The van der Waals surface area contributed by atoms with Gasteiger partial charge >= 0.3 is 0 Å². The first-order chi connectivity index (χ1) is 8.61. The molecule has 18 heavy (non-hydrogen) atoms. The molecule has 1 aromatic carbocycles. The van der Waals surface area contributed by atoms with Gasteiger partial charge in [0.05, 0.1) is 5.69 Å². The minimum atomic E-state index is -0.0913. The lowest BCUT2D eigenvalue weighted by atomic mass is 10.1. The minimum absolute atomic E-state index is 0.0913. The Hall–Kier alpha value is -1.09. The first kappa shape index (κ1) is 13.3. The third kappa shape index (κ3) is 2.83. The van der Waals surface area contributed by atoms with E-state index in [4.69, 9.17) is 0 Å².